The third kappa shape index (κ3) is 4.35. The minimum absolute atomic E-state index is 0.0468. The zero-order valence-electron chi connectivity index (χ0n) is 10.6. The molecule has 0 aliphatic heterocycles. The van der Waals surface area contributed by atoms with Gasteiger partial charge in [0.2, 0.25) is 5.91 Å². The molecule has 0 aliphatic rings. The molecule has 0 spiro atoms. The first kappa shape index (κ1) is 14.1. The first-order valence-corrected chi connectivity index (χ1v) is 7.20. The van der Waals surface area contributed by atoms with Crippen molar-refractivity contribution in [2.24, 2.45) is 0 Å². The number of carbonyl (C=O) groups excluding carboxylic acids is 1. The third-order valence-electron chi connectivity index (χ3n) is 2.56. The van der Waals surface area contributed by atoms with Crippen molar-refractivity contribution in [2.75, 3.05) is 5.32 Å². The molecule has 2 N–H and O–H groups in total. The molecule has 0 atom stereocenters. The Kier molecular flexibility index (Phi) is 4.96. The molecular weight excluding hydrogens is 280 g/mol. The zero-order chi connectivity index (χ0) is 13.7. The summed E-state index contributed by atoms with van der Waals surface area (Å²) in [5.41, 5.74) is 2.03. The van der Waals surface area contributed by atoms with E-state index in [9.17, 15) is 4.79 Å². The summed E-state index contributed by atoms with van der Waals surface area (Å²) in [4.78, 5) is 12.2. The Morgan fingerprint density at radius 1 is 1.32 bits per heavy atom. The van der Waals surface area contributed by atoms with Crippen LogP contribution in [0.15, 0.2) is 35.7 Å². The van der Waals surface area contributed by atoms with Crippen LogP contribution in [0.4, 0.5) is 5.69 Å². The molecule has 3 nitrogen and oxygen atoms in total. The van der Waals surface area contributed by atoms with E-state index in [4.69, 9.17) is 11.6 Å². The average Bonchev–Trinajstić information content (AvgIpc) is 2.76. The number of nitrogens with one attached hydrogen (secondary N) is 2. The molecule has 0 fully saturated rings. The fourth-order valence-corrected chi connectivity index (χ4v) is 2.76. The van der Waals surface area contributed by atoms with Crippen LogP contribution in [0.5, 0.6) is 0 Å². The normalized spacial score (nSPS) is 10.4. The van der Waals surface area contributed by atoms with Crippen molar-refractivity contribution in [3.63, 3.8) is 0 Å². The number of thiophene rings is 1. The highest BCUT2D eigenvalue weighted by molar-refractivity contribution is 7.10. The van der Waals surface area contributed by atoms with Gasteiger partial charge in [-0.05, 0) is 29.1 Å². The van der Waals surface area contributed by atoms with Gasteiger partial charge in [0.25, 0.3) is 0 Å². The SMILES string of the molecule is CC(=O)Nc1ccsc1CNCc1cccc(Cl)c1. The van der Waals surface area contributed by atoms with Crippen molar-refractivity contribution in [2.45, 2.75) is 20.0 Å². The first-order chi connectivity index (χ1) is 9.15. The molecule has 0 unspecified atom stereocenters. The van der Waals surface area contributed by atoms with Crippen LogP contribution in [0.1, 0.15) is 17.4 Å². The van der Waals surface area contributed by atoms with Gasteiger partial charge >= 0.3 is 0 Å². The fourth-order valence-electron chi connectivity index (χ4n) is 1.75. The van der Waals surface area contributed by atoms with Crippen LogP contribution in [0, 0.1) is 0 Å². The Labute approximate surface area is 121 Å². The summed E-state index contributed by atoms with van der Waals surface area (Å²) in [6.45, 7) is 2.98. The Morgan fingerprint density at radius 3 is 2.89 bits per heavy atom. The van der Waals surface area contributed by atoms with Crippen molar-refractivity contribution >= 4 is 34.5 Å². The van der Waals surface area contributed by atoms with Crippen molar-refractivity contribution < 1.29 is 4.79 Å². The second-order valence-electron chi connectivity index (χ2n) is 4.17. The average molecular weight is 295 g/mol. The van der Waals surface area contributed by atoms with Crippen LogP contribution >= 0.6 is 22.9 Å². The minimum atomic E-state index is -0.0468. The summed E-state index contributed by atoms with van der Waals surface area (Å²) in [5, 5.41) is 8.89. The number of amides is 1. The van der Waals surface area contributed by atoms with Gasteiger partial charge in [0.05, 0.1) is 5.69 Å². The maximum Gasteiger partial charge on any atom is 0.221 e. The molecule has 1 aromatic carbocycles. The molecule has 0 aliphatic carbocycles. The summed E-state index contributed by atoms with van der Waals surface area (Å²) in [7, 11) is 0. The van der Waals surface area contributed by atoms with Crippen molar-refractivity contribution in [1.29, 1.82) is 0 Å². The molecule has 1 heterocycles. The summed E-state index contributed by atoms with van der Waals surface area (Å²) >= 11 is 7.56. The van der Waals surface area contributed by atoms with Gasteiger partial charge in [-0.1, -0.05) is 23.7 Å². The molecular formula is C14H15ClN2OS. The van der Waals surface area contributed by atoms with E-state index in [2.05, 4.69) is 10.6 Å². The highest BCUT2D eigenvalue weighted by atomic mass is 35.5. The van der Waals surface area contributed by atoms with Gasteiger partial charge < -0.3 is 10.6 Å². The second-order valence-corrected chi connectivity index (χ2v) is 5.61. The summed E-state index contributed by atoms with van der Waals surface area (Å²) in [5.74, 6) is -0.0468. The predicted octanol–water partition coefficient (Wildman–Crippen LogP) is 3.65. The lowest BCUT2D eigenvalue weighted by atomic mass is 10.2. The third-order valence-corrected chi connectivity index (χ3v) is 3.72. The van der Waals surface area contributed by atoms with E-state index in [1.807, 2.05) is 35.7 Å². The van der Waals surface area contributed by atoms with E-state index in [0.717, 1.165) is 34.2 Å². The Hall–Kier alpha value is -1.36. The van der Waals surface area contributed by atoms with Crippen LogP contribution in [0.2, 0.25) is 5.02 Å². The number of carbonyl (C=O) groups is 1. The lowest BCUT2D eigenvalue weighted by molar-refractivity contribution is -0.114. The number of benzene rings is 1. The van der Waals surface area contributed by atoms with E-state index in [-0.39, 0.29) is 5.91 Å². The molecule has 2 rings (SSSR count). The van der Waals surface area contributed by atoms with Gasteiger partial charge in [-0.3, -0.25) is 4.79 Å². The van der Waals surface area contributed by atoms with Crippen LogP contribution in [0.3, 0.4) is 0 Å². The molecule has 1 aromatic heterocycles. The quantitative estimate of drug-likeness (QED) is 0.884. The van der Waals surface area contributed by atoms with E-state index in [0.29, 0.717) is 0 Å². The first-order valence-electron chi connectivity index (χ1n) is 5.94. The van der Waals surface area contributed by atoms with Gasteiger partial charge in [-0.2, -0.15) is 0 Å². The number of hydrogen-bond acceptors (Lipinski definition) is 3. The number of halogens is 1. The number of hydrogen-bond donors (Lipinski definition) is 2. The van der Waals surface area contributed by atoms with Gasteiger partial charge in [-0.15, -0.1) is 11.3 Å². The molecule has 1 amide bonds. The fraction of sp³-hybridized carbons (Fsp3) is 0.214. The highest BCUT2D eigenvalue weighted by Gasteiger charge is 2.05. The Morgan fingerprint density at radius 2 is 2.16 bits per heavy atom. The van der Waals surface area contributed by atoms with Crippen LogP contribution < -0.4 is 10.6 Å². The minimum Gasteiger partial charge on any atom is -0.325 e. The van der Waals surface area contributed by atoms with Crippen LogP contribution in [0.25, 0.3) is 0 Å². The van der Waals surface area contributed by atoms with E-state index < -0.39 is 0 Å². The Bertz CT molecular complexity index is 568. The maximum absolute atomic E-state index is 11.1. The smallest absolute Gasteiger partial charge is 0.221 e. The highest BCUT2D eigenvalue weighted by Crippen LogP contribution is 2.22. The second kappa shape index (κ2) is 6.70. The lowest BCUT2D eigenvalue weighted by Gasteiger charge is -2.07. The Balaban J connectivity index is 1.89. The monoisotopic (exact) mass is 294 g/mol. The summed E-state index contributed by atoms with van der Waals surface area (Å²) in [6.07, 6.45) is 0. The van der Waals surface area contributed by atoms with E-state index in [1.165, 1.54) is 6.92 Å². The van der Waals surface area contributed by atoms with E-state index in [1.54, 1.807) is 11.3 Å². The topological polar surface area (TPSA) is 41.1 Å². The van der Waals surface area contributed by atoms with Crippen molar-refractivity contribution in [1.82, 2.24) is 5.32 Å². The molecule has 0 radical (unpaired) electrons. The van der Waals surface area contributed by atoms with Gasteiger partial charge in [0.1, 0.15) is 0 Å². The maximum atomic E-state index is 11.1. The standard InChI is InChI=1S/C14H15ClN2OS/c1-10(18)17-13-5-6-19-14(13)9-16-8-11-3-2-4-12(15)7-11/h2-7,16H,8-9H2,1H3,(H,17,18). The van der Waals surface area contributed by atoms with Crippen molar-refractivity contribution in [3.8, 4) is 0 Å². The molecule has 0 saturated carbocycles. The largest absolute Gasteiger partial charge is 0.325 e. The van der Waals surface area contributed by atoms with Gasteiger partial charge in [0, 0.05) is 29.9 Å². The molecule has 0 bridgehead atoms. The number of anilines is 1. The molecule has 0 saturated heterocycles. The summed E-state index contributed by atoms with van der Waals surface area (Å²) in [6, 6.07) is 9.69. The van der Waals surface area contributed by atoms with Crippen LogP contribution in [-0.4, -0.2) is 5.91 Å². The molecule has 19 heavy (non-hydrogen) atoms. The van der Waals surface area contributed by atoms with Gasteiger partial charge in [-0.25, -0.2) is 0 Å². The van der Waals surface area contributed by atoms with Crippen LogP contribution in [-0.2, 0) is 17.9 Å². The molecule has 5 heteroatoms. The lowest BCUT2D eigenvalue weighted by Crippen LogP contribution is -2.14. The van der Waals surface area contributed by atoms with Gasteiger partial charge in [0.15, 0.2) is 0 Å². The van der Waals surface area contributed by atoms with Crippen molar-refractivity contribution in [3.05, 3.63) is 51.2 Å². The predicted molar refractivity (Wildman–Crippen MR) is 80.6 cm³/mol. The van der Waals surface area contributed by atoms with E-state index >= 15 is 0 Å². The zero-order valence-corrected chi connectivity index (χ0v) is 12.1. The molecule has 100 valence electrons. The summed E-state index contributed by atoms with van der Waals surface area (Å²) < 4.78 is 0. The molecule has 2 aromatic rings. The number of rotatable bonds is 5.